The maximum Gasteiger partial charge on any atom is 0.255 e. The number of benzene rings is 2. The van der Waals surface area contributed by atoms with Gasteiger partial charge < -0.3 is 41.3 Å². The molecule has 1 aliphatic heterocycles. The fourth-order valence-electron chi connectivity index (χ4n) is 7.62. The molecule has 0 bridgehead atoms. The van der Waals surface area contributed by atoms with E-state index in [2.05, 4.69) is 16.8 Å². The number of ketones is 2. The highest BCUT2D eigenvalue weighted by Crippen LogP contribution is 2.55. The second-order valence-electron chi connectivity index (χ2n) is 12.9. The molecule has 1 saturated heterocycles. The number of aromatic hydroxyl groups is 1. The first-order valence-corrected chi connectivity index (χ1v) is 15.1. The fourth-order valence-corrected chi connectivity index (χ4v) is 7.62. The number of carbonyl (C=O) groups is 3. The van der Waals surface area contributed by atoms with Crippen LogP contribution in [-0.2, 0) is 16.1 Å². The summed E-state index contributed by atoms with van der Waals surface area (Å²) in [4.78, 5) is 45.8. The summed E-state index contributed by atoms with van der Waals surface area (Å²) in [6.07, 6.45) is -3.56. The number of rotatable bonds is 5. The summed E-state index contributed by atoms with van der Waals surface area (Å²) in [5.41, 5.74) is 2.12. The number of likely N-dealkylation sites (N-methyl/N-ethyl adjacent to an activating group) is 2. The Labute approximate surface area is 265 Å². The first-order chi connectivity index (χ1) is 21.7. The number of hydrogen-bond donors (Lipinski definition) is 7. The predicted octanol–water partition coefficient (Wildman–Crippen LogP) is -0.00330. The Morgan fingerprint density at radius 2 is 1.72 bits per heavy atom. The first kappa shape index (κ1) is 31.9. The molecule has 2 aromatic carbocycles. The SMILES string of the molecule is CN1CCN(Cc2cccc(-c3ccc4c(c3O)C(=O)C3=C(O)[C@]5(O)C(=O)C(C(N)=O)=C(O)[C@@H](N(C)C)[C@@H]5[C@@H](O)[C@@H]3[C@H]4O)c2)CC1. The molecular formula is C33H38N4O9. The van der Waals surface area contributed by atoms with Crippen LogP contribution in [0.4, 0.5) is 0 Å². The minimum atomic E-state index is -3.06. The number of nitrogens with zero attached hydrogens (tertiary/aromatic N) is 3. The Bertz CT molecular complexity index is 1710. The molecule has 1 heterocycles. The van der Waals surface area contributed by atoms with Gasteiger partial charge >= 0.3 is 0 Å². The van der Waals surface area contributed by atoms with Crippen LogP contribution >= 0.6 is 0 Å². The lowest BCUT2D eigenvalue weighted by Gasteiger charge is -2.53. The van der Waals surface area contributed by atoms with Gasteiger partial charge in [0.1, 0.15) is 22.8 Å². The fraction of sp³-hybridized carbons (Fsp3) is 0.424. The molecule has 1 amide bonds. The Kier molecular flexibility index (Phi) is 7.82. The van der Waals surface area contributed by atoms with Gasteiger partial charge in [0.25, 0.3) is 5.91 Å². The van der Waals surface area contributed by atoms with Gasteiger partial charge in [0.2, 0.25) is 5.78 Å². The summed E-state index contributed by atoms with van der Waals surface area (Å²) in [6.45, 7) is 4.40. The molecular weight excluding hydrogens is 596 g/mol. The smallest absolute Gasteiger partial charge is 0.255 e. The number of aliphatic hydroxyl groups excluding tert-OH is 4. The van der Waals surface area contributed by atoms with Crippen molar-refractivity contribution < 1.29 is 45.0 Å². The molecule has 8 N–H and O–H groups in total. The summed E-state index contributed by atoms with van der Waals surface area (Å²) >= 11 is 0. The van der Waals surface area contributed by atoms with Crippen LogP contribution in [0.2, 0.25) is 0 Å². The van der Waals surface area contributed by atoms with E-state index in [1.165, 1.54) is 25.1 Å². The molecule has 13 nitrogen and oxygen atoms in total. The van der Waals surface area contributed by atoms with Crippen LogP contribution in [0, 0.1) is 11.8 Å². The topological polar surface area (TPSA) is 208 Å². The molecule has 6 atom stereocenters. The summed E-state index contributed by atoms with van der Waals surface area (Å²) in [7, 11) is 4.96. The van der Waals surface area contributed by atoms with Crippen molar-refractivity contribution in [3.8, 4) is 16.9 Å². The summed E-state index contributed by atoms with van der Waals surface area (Å²) in [6, 6.07) is 9.06. The third-order valence-corrected chi connectivity index (χ3v) is 10.0. The third kappa shape index (κ3) is 4.57. The molecule has 2 aromatic rings. The monoisotopic (exact) mass is 634 g/mol. The third-order valence-electron chi connectivity index (χ3n) is 10.0. The van der Waals surface area contributed by atoms with Gasteiger partial charge in [0, 0.05) is 49.8 Å². The average molecular weight is 635 g/mol. The number of primary amides is 1. The zero-order chi connectivity index (χ0) is 33.4. The lowest BCUT2D eigenvalue weighted by molar-refractivity contribution is -0.166. The Balaban J connectivity index is 1.45. The Morgan fingerprint density at radius 1 is 1.04 bits per heavy atom. The number of Topliss-reactive ketones (excluding diaryl/α,β-unsaturated/α-hetero) is 2. The number of carbonyl (C=O) groups excluding carboxylic acids is 3. The van der Waals surface area contributed by atoms with Crippen LogP contribution in [0.5, 0.6) is 5.75 Å². The summed E-state index contributed by atoms with van der Waals surface area (Å²) in [5.74, 6) is -9.66. The van der Waals surface area contributed by atoms with Gasteiger partial charge in [-0.3, -0.25) is 24.2 Å². The van der Waals surface area contributed by atoms with Crippen LogP contribution < -0.4 is 5.73 Å². The van der Waals surface area contributed by atoms with E-state index in [9.17, 15) is 45.0 Å². The van der Waals surface area contributed by atoms with E-state index in [1.54, 1.807) is 12.1 Å². The molecule has 0 unspecified atom stereocenters. The number of phenols is 1. The molecule has 0 spiro atoms. The maximum absolute atomic E-state index is 14.1. The van der Waals surface area contributed by atoms with Gasteiger partial charge in [-0.25, -0.2) is 0 Å². The summed E-state index contributed by atoms with van der Waals surface area (Å²) < 4.78 is 0. The molecule has 0 saturated carbocycles. The number of fused-ring (bicyclic) bond motifs is 3. The Morgan fingerprint density at radius 3 is 2.35 bits per heavy atom. The van der Waals surface area contributed by atoms with E-state index < -0.39 is 81.6 Å². The van der Waals surface area contributed by atoms with Crippen molar-refractivity contribution in [3.05, 3.63) is 75.8 Å². The highest BCUT2D eigenvalue weighted by Gasteiger charge is 2.67. The van der Waals surface area contributed by atoms with E-state index in [0.29, 0.717) is 12.1 Å². The van der Waals surface area contributed by atoms with Crippen LogP contribution in [0.1, 0.15) is 27.6 Å². The molecule has 6 rings (SSSR count). The molecule has 46 heavy (non-hydrogen) atoms. The molecule has 0 aromatic heterocycles. The molecule has 3 aliphatic carbocycles. The van der Waals surface area contributed by atoms with Crippen molar-refractivity contribution in [2.24, 2.45) is 17.6 Å². The van der Waals surface area contributed by atoms with Crippen molar-refractivity contribution in [2.75, 3.05) is 47.3 Å². The van der Waals surface area contributed by atoms with Crippen molar-refractivity contribution in [1.82, 2.24) is 14.7 Å². The zero-order valence-corrected chi connectivity index (χ0v) is 25.7. The van der Waals surface area contributed by atoms with Crippen LogP contribution in [0.3, 0.4) is 0 Å². The van der Waals surface area contributed by atoms with E-state index in [-0.39, 0.29) is 16.7 Å². The van der Waals surface area contributed by atoms with Crippen molar-refractivity contribution in [1.29, 1.82) is 0 Å². The lowest BCUT2D eigenvalue weighted by atomic mass is 9.56. The van der Waals surface area contributed by atoms with Crippen LogP contribution in [0.15, 0.2) is 59.1 Å². The van der Waals surface area contributed by atoms with Crippen LogP contribution in [0.25, 0.3) is 11.1 Å². The van der Waals surface area contributed by atoms with Gasteiger partial charge in [0.05, 0.1) is 29.7 Å². The van der Waals surface area contributed by atoms with Gasteiger partial charge in [-0.2, -0.15) is 0 Å². The number of aliphatic hydroxyl groups is 5. The second kappa shape index (κ2) is 11.3. The quantitative estimate of drug-likeness (QED) is 0.217. The minimum absolute atomic E-state index is 0.0213. The van der Waals surface area contributed by atoms with E-state index in [4.69, 9.17) is 5.73 Å². The van der Waals surface area contributed by atoms with Gasteiger partial charge in [-0.15, -0.1) is 0 Å². The molecule has 4 aliphatic rings. The van der Waals surface area contributed by atoms with Gasteiger partial charge in [-0.1, -0.05) is 30.3 Å². The highest BCUT2D eigenvalue weighted by molar-refractivity contribution is 6.25. The van der Waals surface area contributed by atoms with E-state index in [0.717, 1.165) is 31.7 Å². The number of amides is 1. The van der Waals surface area contributed by atoms with Crippen molar-refractivity contribution in [2.45, 2.75) is 30.4 Å². The first-order valence-electron chi connectivity index (χ1n) is 15.1. The number of hydrogen-bond acceptors (Lipinski definition) is 12. The maximum atomic E-state index is 14.1. The molecule has 244 valence electrons. The lowest BCUT2D eigenvalue weighted by Crippen LogP contribution is -2.68. The standard InChI is InChI=1S/C33H38N4O9/c1-35(2)24-23-28(41)20-21(30(43)33(23,46)31(44)22(29(24)42)32(34)45)27(40)19-18(26(20)39)8-7-17(25(19)38)16-6-4-5-15(13-16)14-37-11-9-36(3)10-12-37/h4-8,13,20,23-24,26,28,38-39,41-43,46H,9-12,14H2,1-3H3,(H2,34,45)/t20-,23+,24-,26-,28-,33-/m0/s1. The van der Waals surface area contributed by atoms with E-state index >= 15 is 0 Å². The second-order valence-corrected chi connectivity index (χ2v) is 12.9. The van der Waals surface area contributed by atoms with Gasteiger partial charge in [0.15, 0.2) is 11.4 Å². The summed E-state index contributed by atoms with van der Waals surface area (Å²) in [5, 5.41) is 69.0. The normalized spacial score (nSPS) is 30.4. The molecule has 13 heteroatoms. The number of phenolic OH excluding ortho intramolecular Hbond substituents is 1. The van der Waals surface area contributed by atoms with Crippen molar-refractivity contribution in [3.63, 3.8) is 0 Å². The average Bonchev–Trinajstić information content (AvgIpc) is 3.00. The predicted molar refractivity (Wildman–Crippen MR) is 165 cm³/mol. The minimum Gasteiger partial charge on any atom is -0.510 e. The number of nitrogens with two attached hydrogens (primary N) is 1. The Hall–Kier alpha value is -4.11. The molecule has 1 fully saturated rings. The highest BCUT2D eigenvalue weighted by atomic mass is 16.4. The van der Waals surface area contributed by atoms with E-state index in [1.807, 2.05) is 18.2 Å². The molecule has 0 radical (unpaired) electrons. The van der Waals surface area contributed by atoms with Gasteiger partial charge in [-0.05, 0) is 43.9 Å². The number of piperazine rings is 1. The zero-order valence-electron chi connectivity index (χ0n) is 25.7. The van der Waals surface area contributed by atoms with Crippen LogP contribution in [-0.4, -0.2) is 128 Å². The van der Waals surface area contributed by atoms with Crippen molar-refractivity contribution >= 4 is 17.5 Å². The largest absolute Gasteiger partial charge is 0.510 e.